The van der Waals surface area contributed by atoms with Crippen LogP contribution in [0.1, 0.15) is 47.4 Å². The Morgan fingerprint density at radius 1 is 0.969 bits per heavy atom. The van der Waals surface area contributed by atoms with E-state index >= 15 is 0 Å². The average molecular weight is 437 g/mol. The number of nitro benzene ring substituents is 1. The lowest BCUT2D eigenvalue weighted by Gasteiger charge is -2.19. The Balaban J connectivity index is 1.48. The number of aromatic nitrogens is 2. The minimum Gasteiger partial charge on any atom is -0.350 e. The van der Waals surface area contributed by atoms with Gasteiger partial charge in [-0.2, -0.15) is 4.98 Å². The van der Waals surface area contributed by atoms with Gasteiger partial charge in [0.1, 0.15) is 0 Å². The smallest absolute Gasteiger partial charge is 0.316 e. The van der Waals surface area contributed by atoms with Crippen molar-refractivity contribution in [2.24, 2.45) is 0 Å². The lowest BCUT2D eigenvalue weighted by atomic mass is 9.87. The number of hydrogen-bond acceptors (Lipinski definition) is 7. The molecule has 2 aromatic carbocycles. The van der Waals surface area contributed by atoms with Crippen LogP contribution in [0.25, 0.3) is 11.4 Å². The SMILES string of the molecule is CC(C)(C)c1ccc(C(=O)NCCNC(=O)c2nc(-c3ccc([N+](=O)[O-])cc3)no2)cc1. The molecule has 166 valence electrons. The van der Waals surface area contributed by atoms with Gasteiger partial charge >= 0.3 is 11.8 Å². The second-order valence-electron chi connectivity index (χ2n) is 8.07. The lowest BCUT2D eigenvalue weighted by molar-refractivity contribution is -0.384. The van der Waals surface area contributed by atoms with Crippen molar-refractivity contribution in [2.75, 3.05) is 13.1 Å². The summed E-state index contributed by atoms with van der Waals surface area (Å²) in [5, 5.41) is 19.8. The summed E-state index contributed by atoms with van der Waals surface area (Å²) in [4.78, 5) is 38.6. The number of nitrogens with zero attached hydrogens (tertiary/aromatic N) is 3. The van der Waals surface area contributed by atoms with E-state index in [9.17, 15) is 19.7 Å². The van der Waals surface area contributed by atoms with Crippen molar-refractivity contribution in [3.8, 4) is 11.4 Å². The maximum absolute atomic E-state index is 12.2. The quantitative estimate of drug-likeness (QED) is 0.329. The molecular weight excluding hydrogens is 414 g/mol. The lowest BCUT2D eigenvalue weighted by Crippen LogP contribution is -2.34. The van der Waals surface area contributed by atoms with E-state index in [2.05, 4.69) is 41.5 Å². The summed E-state index contributed by atoms with van der Waals surface area (Å²) >= 11 is 0. The first kappa shape index (κ1) is 22.6. The summed E-state index contributed by atoms with van der Waals surface area (Å²) in [6, 6.07) is 12.9. The van der Waals surface area contributed by atoms with Crippen LogP contribution in [0, 0.1) is 10.1 Å². The summed E-state index contributed by atoms with van der Waals surface area (Å²) in [7, 11) is 0. The molecule has 3 rings (SSSR count). The van der Waals surface area contributed by atoms with Crippen LogP contribution in [0.5, 0.6) is 0 Å². The van der Waals surface area contributed by atoms with E-state index in [4.69, 9.17) is 4.52 Å². The molecule has 0 atom stereocenters. The molecule has 0 spiro atoms. The van der Waals surface area contributed by atoms with E-state index in [1.807, 2.05) is 12.1 Å². The number of hydrogen-bond donors (Lipinski definition) is 2. The third-order valence-electron chi connectivity index (χ3n) is 4.67. The molecule has 2 N–H and O–H groups in total. The van der Waals surface area contributed by atoms with E-state index in [0.29, 0.717) is 11.1 Å². The van der Waals surface area contributed by atoms with Gasteiger partial charge in [-0.3, -0.25) is 19.7 Å². The Labute approximate surface area is 184 Å². The second-order valence-corrected chi connectivity index (χ2v) is 8.07. The third kappa shape index (κ3) is 5.54. The number of carbonyl (C=O) groups excluding carboxylic acids is 2. The molecule has 0 saturated carbocycles. The molecule has 1 aromatic heterocycles. The number of rotatable bonds is 7. The van der Waals surface area contributed by atoms with Crippen LogP contribution in [0.3, 0.4) is 0 Å². The maximum Gasteiger partial charge on any atom is 0.316 e. The molecule has 0 bridgehead atoms. The van der Waals surface area contributed by atoms with Crippen molar-refractivity contribution in [3.05, 3.63) is 75.7 Å². The molecule has 0 aliphatic rings. The van der Waals surface area contributed by atoms with Gasteiger partial charge in [0.25, 0.3) is 11.6 Å². The zero-order chi connectivity index (χ0) is 23.3. The van der Waals surface area contributed by atoms with Crippen molar-refractivity contribution in [3.63, 3.8) is 0 Å². The first-order valence-corrected chi connectivity index (χ1v) is 9.90. The standard InChI is InChI=1S/C22H23N5O5/c1-22(2,3)16-8-4-15(5-9-16)19(28)23-12-13-24-20(29)21-25-18(26-32-21)14-6-10-17(11-7-14)27(30)31/h4-11H,12-13H2,1-3H3,(H,23,28)(H,24,29). The molecule has 32 heavy (non-hydrogen) atoms. The Bertz CT molecular complexity index is 1110. The minimum atomic E-state index is -0.588. The van der Waals surface area contributed by atoms with Crippen LogP contribution in [0.15, 0.2) is 53.1 Å². The fourth-order valence-electron chi connectivity index (χ4n) is 2.82. The first-order valence-electron chi connectivity index (χ1n) is 9.90. The first-order chi connectivity index (χ1) is 15.1. The van der Waals surface area contributed by atoms with Gasteiger partial charge < -0.3 is 15.2 Å². The summed E-state index contributed by atoms with van der Waals surface area (Å²) in [6.45, 7) is 6.68. The summed E-state index contributed by atoms with van der Waals surface area (Å²) in [5.74, 6) is -0.938. The average Bonchev–Trinajstić information content (AvgIpc) is 3.26. The zero-order valence-corrected chi connectivity index (χ0v) is 17.9. The summed E-state index contributed by atoms with van der Waals surface area (Å²) < 4.78 is 4.95. The topological polar surface area (TPSA) is 140 Å². The van der Waals surface area contributed by atoms with E-state index < -0.39 is 10.8 Å². The van der Waals surface area contributed by atoms with E-state index in [1.54, 1.807) is 12.1 Å². The van der Waals surface area contributed by atoms with Gasteiger partial charge in [0.2, 0.25) is 5.82 Å². The Morgan fingerprint density at radius 2 is 1.56 bits per heavy atom. The molecule has 2 amide bonds. The molecule has 0 aliphatic carbocycles. The fourth-order valence-corrected chi connectivity index (χ4v) is 2.82. The normalized spacial score (nSPS) is 11.1. The predicted molar refractivity (Wildman–Crippen MR) is 116 cm³/mol. The molecular formula is C22H23N5O5. The van der Waals surface area contributed by atoms with Crippen molar-refractivity contribution in [1.82, 2.24) is 20.8 Å². The fraction of sp³-hybridized carbons (Fsp3) is 0.273. The molecule has 0 unspecified atom stereocenters. The molecule has 0 saturated heterocycles. The molecule has 1 heterocycles. The van der Waals surface area contributed by atoms with Crippen molar-refractivity contribution < 1.29 is 19.0 Å². The Hall–Kier alpha value is -4.08. The highest BCUT2D eigenvalue weighted by Crippen LogP contribution is 2.22. The molecule has 3 aromatic rings. The molecule has 10 heteroatoms. The third-order valence-corrected chi connectivity index (χ3v) is 4.67. The van der Waals surface area contributed by atoms with Crippen molar-refractivity contribution in [2.45, 2.75) is 26.2 Å². The minimum absolute atomic E-state index is 0.00632. The van der Waals surface area contributed by atoms with Crippen molar-refractivity contribution >= 4 is 17.5 Å². The van der Waals surface area contributed by atoms with E-state index in [-0.39, 0.29) is 41.8 Å². The largest absolute Gasteiger partial charge is 0.350 e. The highest BCUT2D eigenvalue weighted by atomic mass is 16.6. The maximum atomic E-state index is 12.2. The van der Waals surface area contributed by atoms with Crippen LogP contribution in [0.4, 0.5) is 5.69 Å². The van der Waals surface area contributed by atoms with Crippen LogP contribution in [0.2, 0.25) is 0 Å². The highest BCUT2D eigenvalue weighted by molar-refractivity contribution is 5.94. The highest BCUT2D eigenvalue weighted by Gasteiger charge is 2.17. The van der Waals surface area contributed by atoms with Crippen LogP contribution < -0.4 is 10.6 Å². The number of non-ortho nitro benzene ring substituents is 1. The van der Waals surface area contributed by atoms with E-state index in [1.165, 1.54) is 24.3 Å². The van der Waals surface area contributed by atoms with Gasteiger partial charge in [-0.1, -0.05) is 38.1 Å². The monoisotopic (exact) mass is 437 g/mol. The number of nitrogens with one attached hydrogen (secondary N) is 2. The number of amides is 2. The molecule has 0 radical (unpaired) electrons. The number of benzene rings is 2. The molecule has 0 aliphatic heterocycles. The number of nitro groups is 1. The van der Waals surface area contributed by atoms with Gasteiger partial charge in [0.05, 0.1) is 4.92 Å². The van der Waals surface area contributed by atoms with Crippen LogP contribution >= 0.6 is 0 Å². The predicted octanol–water partition coefficient (Wildman–Crippen LogP) is 3.10. The Morgan fingerprint density at radius 3 is 2.12 bits per heavy atom. The van der Waals surface area contributed by atoms with Gasteiger partial charge in [0.15, 0.2) is 0 Å². The van der Waals surface area contributed by atoms with Crippen LogP contribution in [-0.4, -0.2) is 40.0 Å². The van der Waals surface area contributed by atoms with Gasteiger partial charge in [-0.25, -0.2) is 0 Å². The Kier molecular flexibility index (Phi) is 6.62. The molecule has 0 fully saturated rings. The summed E-state index contributed by atoms with van der Waals surface area (Å²) in [5.41, 5.74) is 2.08. The van der Waals surface area contributed by atoms with Gasteiger partial charge in [0, 0.05) is 36.3 Å². The second kappa shape index (κ2) is 9.38. The van der Waals surface area contributed by atoms with Crippen molar-refractivity contribution in [1.29, 1.82) is 0 Å². The van der Waals surface area contributed by atoms with E-state index in [0.717, 1.165) is 5.56 Å². The van der Waals surface area contributed by atoms with Gasteiger partial charge in [-0.05, 0) is 35.2 Å². The zero-order valence-electron chi connectivity index (χ0n) is 17.9. The van der Waals surface area contributed by atoms with Gasteiger partial charge in [-0.15, -0.1) is 0 Å². The summed E-state index contributed by atoms with van der Waals surface area (Å²) in [6.07, 6.45) is 0. The number of carbonyl (C=O) groups is 2. The molecule has 10 nitrogen and oxygen atoms in total. The van der Waals surface area contributed by atoms with Crippen LogP contribution in [-0.2, 0) is 5.41 Å².